The molecule has 18 heteroatoms. The van der Waals surface area contributed by atoms with Crippen molar-refractivity contribution in [2.75, 3.05) is 74.0 Å². The Morgan fingerprint density at radius 1 is 0.764 bits per heavy atom. The van der Waals surface area contributed by atoms with E-state index < -0.39 is 17.9 Å². The number of carbonyl (C=O) groups is 6. The summed E-state index contributed by atoms with van der Waals surface area (Å²) in [5.74, 6) is 1.26. The molecule has 1 unspecified atom stereocenters. The molecule has 368 valence electrons. The second kappa shape index (κ2) is 20.0. The summed E-state index contributed by atoms with van der Waals surface area (Å²) in [5, 5.41) is 4.33. The normalized spacial score (nSPS) is 20.1. The number of imide groups is 1. The first-order valence-electron chi connectivity index (χ1n) is 24.7. The van der Waals surface area contributed by atoms with Crippen molar-refractivity contribution in [3.8, 4) is 11.5 Å². The second-order valence-electron chi connectivity index (χ2n) is 19.3. The Balaban J connectivity index is 0.652. The van der Waals surface area contributed by atoms with Gasteiger partial charge in [0.1, 0.15) is 40.9 Å². The number of piperazine rings is 1. The maximum absolute atomic E-state index is 14.0. The molecule has 4 aliphatic heterocycles. The first kappa shape index (κ1) is 46.9. The topological polar surface area (TPSA) is 194 Å². The van der Waals surface area contributed by atoms with Crippen LogP contribution in [0.3, 0.4) is 0 Å². The largest absolute Gasteiger partial charge is 0.457 e. The zero-order chi connectivity index (χ0) is 49.5. The zero-order valence-electron chi connectivity index (χ0n) is 39.6. The standard InChI is InChI=1S/C54H53ClN10O7/c55-44-27-39(72-38-6-2-1-3-7-38)11-13-41(44)49(68)43-29-57-50-48(43)51(59-32-58-50)60-35-5-4-18-64(31-35)52(69)34-8-15-47(56-28-34)63-19-16-33(17-20-63)30-61-21-23-62(24-22-61)36-9-12-40-42(25-36)54(71)65(53(40)70)45-14-10-37(66)26-46(45)67/h1-3,6-9,11-13,15,25,27-29,32-33,35,45H,4-5,10,14,16-24,26,30-31H2,(H2,57,58,59,60)/t35-,45?/m1/s1. The quantitative estimate of drug-likeness (QED) is 0.0718. The number of aromatic nitrogens is 4. The van der Waals surface area contributed by atoms with Gasteiger partial charge in [-0.3, -0.25) is 38.6 Å². The summed E-state index contributed by atoms with van der Waals surface area (Å²) < 4.78 is 5.91. The van der Waals surface area contributed by atoms with Gasteiger partial charge in [0.25, 0.3) is 17.7 Å². The molecule has 3 amide bonds. The van der Waals surface area contributed by atoms with Crippen LogP contribution < -0.4 is 19.9 Å². The van der Waals surface area contributed by atoms with E-state index in [9.17, 15) is 28.8 Å². The molecule has 3 aromatic heterocycles. The van der Waals surface area contributed by atoms with Crippen LogP contribution in [0.25, 0.3) is 11.0 Å². The van der Waals surface area contributed by atoms with Crippen LogP contribution in [0.15, 0.2) is 97.6 Å². The fourth-order valence-corrected chi connectivity index (χ4v) is 11.1. The molecule has 5 aliphatic rings. The Hall–Kier alpha value is -7.50. The van der Waals surface area contributed by atoms with Crippen molar-refractivity contribution in [2.45, 2.75) is 57.0 Å². The number of ketones is 3. The third-order valence-corrected chi connectivity index (χ3v) is 15.1. The van der Waals surface area contributed by atoms with Gasteiger partial charge in [-0.1, -0.05) is 29.8 Å². The number of anilines is 3. The lowest BCUT2D eigenvalue weighted by atomic mass is 9.92. The van der Waals surface area contributed by atoms with Crippen molar-refractivity contribution >= 4 is 75.0 Å². The number of nitrogens with one attached hydrogen (secondary N) is 2. The van der Waals surface area contributed by atoms with E-state index in [0.717, 1.165) is 87.9 Å². The molecule has 17 nitrogen and oxygen atoms in total. The summed E-state index contributed by atoms with van der Waals surface area (Å²) in [4.78, 5) is 106. The predicted octanol–water partition coefficient (Wildman–Crippen LogP) is 7.07. The number of halogens is 1. The first-order chi connectivity index (χ1) is 35.0. The highest BCUT2D eigenvalue weighted by atomic mass is 35.5. The molecule has 7 heterocycles. The summed E-state index contributed by atoms with van der Waals surface area (Å²) in [6, 6.07) is 22.5. The van der Waals surface area contributed by atoms with Crippen molar-refractivity contribution in [1.29, 1.82) is 0 Å². The van der Waals surface area contributed by atoms with Crippen LogP contribution in [0.1, 0.15) is 91.9 Å². The van der Waals surface area contributed by atoms with Crippen LogP contribution in [0.4, 0.5) is 17.3 Å². The number of hydrogen-bond donors (Lipinski definition) is 2. The van der Waals surface area contributed by atoms with E-state index in [1.54, 1.807) is 42.7 Å². The molecule has 2 N–H and O–H groups in total. The average Bonchev–Trinajstić information content (AvgIpc) is 3.95. The van der Waals surface area contributed by atoms with Crippen molar-refractivity contribution in [3.05, 3.63) is 130 Å². The number of nitrogens with zero attached hydrogens (tertiary/aromatic N) is 8. The predicted molar refractivity (Wildman–Crippen MR) is 270 cm³/mol. The van der Waals surface area contributed by atoms with Gasteiger partial charge >= 0.3 is 0 Å². The van der Waals surface area contributed by atoms with E-state index in [0.29, 0.717) is 75.2 Å². The van der Waals surface area contributed by atoms with Crippen LogP contribution in [0.2, 0.25) is 5.02 Å². The fourth-order valence-electron chi connectivity index (χ4n) is 10.9. The molecular formula is C54H53ClN10O7. The maximum atomic E-state index is 14.0. The number of rotatable bonds is 12. The number of piperidine rings is 2. The molecule has 11 rings (SSSR count). The highest BCUT2D eigenvalue weighted by Crippen LogP contribution is 2.35. The minimum Gasteiger partial charge on any atom is -0.457 e. The molecule has 2 atom stereocenters. The number of aromatic amines is 1. The van der Waals surface area contributed by atoms with Crippen molar-refractivity contribution in [1.82, 2.24) is 34.6 Å². The van der Waals surface area contributed by atoms with Crippen LogP contribution in [0.5, 0.6) is 11.5 Å². The average molecular weight is 990 g/mol. The number of carbonyl (C=O) groups excluding carboxylic acids is 6. The Morgan fingerprint density at radius 3 is 2.33 bits per heavy atom. The lowest BCUT2D eigenvalue weighted by Gasteiger charge is -2.40. The summed E-state index contributed by atoms with van der Waals surface area (Å²) in [6.07, 6.45) is 8.56. The fraction of sp³-hybridized carbons (Fsp3) is 0.352. The number of H-pyrrole nitrogens is 1. The van der Waals surface area contributed by atoms with E-state index in [4.69, 9.17) is 21.3 Å². The number of amides is 3. The van der Waals surface area contributed by atoms with Gasteiger partial charge in [-0.2, -0.15) is 0 Å². The van der Waals surface area contributed by atoms with Crippen LogP contribution >= 0.6 is 11.6 Å². The van der Waals surface area contributed by atoms with Crippen LogP contribution in [-0.2, 0) is 9.59 Å². The minimum absolute atomic E-state index is 0.0857. The molecule has 0 bridgehead atoms. The van der Waals surface area contributed by atoms with Gasteiger partial charge in [-0.05, 0) is 92.6 Å². The Morgan fingerprint density at radius 2 is 1.57 bits per heavy atom. The maximum Gasteiger partial charge on any atom is 0.262 e. The van der Waals surface area contributed by atoms with E-state index in [-0.39, 0.29) is 53.6 Å². The molecule has 6 aromatic rings. The summed E-state index contributed by atoms with van der Waals surface area (Å²) in [7, 11) is 0. The number of benzene rings is 3. The number of fused-ring (bicyclic) bond motifs is 2. The first-order valence-corrected chi connectivity index (χ1v) is 25.1. The number of hydrogen-bond acceptors (Lipinski definition) is 14. The van der Waals surface area contributed by atoms with Gasteiger partial charge < -0.3 is 29.7 Å². The molecule has 4 fully saturated rings. The monoisotopic (exact) mass is 988 g/mol. The number of pyridine rings is 1. The van der Waals surface area contributed by atoms with E-state index in [1.807, 2.05) is 53.4 Å². The smallest absolute Gasteiger partial charge is 0.262 e. The van der Waals surface area contributed by atoms with E-state index in [1.165, 1.54) is 6.33 Å². The molecule has 72 heavy (non-hydrogen) atoms. The SMILES string of the molecule is O=C1CCC(N2C(=O)c3ccc(N4CCN(CC5CCN(c6ccc(C(=O)N7CCC[C@@H](Nc8ncnc9[nH]cc(C(=O)c%10ccc(Oc%11ccccc%11)cc%10Cl)c89)C7)cn6)CC5)CC4)cc3C2=O)C(=O)C1. The molecular weight excluding hydrogens is 936 g/mol. The third kappa shape index (κ3) is 9.41. The van der Waals surface area contributed by atoms with Crippen molar-refractivity contribution in [3.63, 3.8) is 0 Å². The molecule has 1 saturated carbocycles. The van der Waals surface area contributed by atoms with Gasteiger partial charge in [-0.15, -0.1) is 0 Å². The Bertz CT molecular complexity index is 3100. The Kier molecular flexibility index (Phi) is 13.0. The second-order valence-corrected chi connectivity index (χ2v) is 19.7. The van der Waals surface area contributed by atoms with Crippen molar-refractivity contribution < 1.29 is 33.5 Å². The molecule has 0 spiro atoms. The number of likely N-dealkylation sites (tertiary alicyclic amines) is 1. The highest BCUT2D eigenvalue weighted by molar-refractivity contribution is 6.36. The van der Waals surface area contributed by atoms with E-state index in [2.05, 4.69) is 35.0 Å². The van der Waals surface area contributed by atoms with Crippen LogP contribution in [0, 0.1) is 5.92 Å². The summed E-state index contributed by atoms with van der Waals surface area (Å²) in [5.41, 5.74) is 3.25. The van der Waals surface area contributed by atoms with Crippen molar-refractivity contribution in [2.24, 2.45) is 5.92 Å². The highest BCUT2D eigenvalue weighted by Gasteiger charge is 2.44. The lowest BCUT2D eigenvalue weighted by Crippen LogP contribution is -2.49. The molecule has 0 radical (unpaired) electrons. The number of para-hydroxylation sites is 1. The third-order valence-electron chi connectivity index (χ3n) is 14.8. The zero-order valence-corrected chi connectivity index (χ0v) is 40.4. The number of ether oxygens (including phenoxy) is 1. The van der Waals surface area contributed by atoms with Gasteiger partial charge in [0.2, 0.25) is 0 Å². The van der Waals surface area contributed by atoms with Crippen LogP contribution in [-0.4, -0.2) is 141 Å². The minimum atomic E-state index is -0.876. The van der Waals surface area contributed by atoms with E-state index >= 15 is 0 Å². The molecule has 3 aromatic carbocycles. The van der Waals surface area contributed by atoms with Gasteiger partial charge in [-0.25, -0.2) is 15.0 Å². The molecule has 3 saturated heterocycles. The van der Waals surface area contributed by atoms with Gasteiger partial charge in [0.15, 0.2) is 11.6 Å². The Labute approximate surface area is 420 Å². The summed E-state index contributed by atoms with van der Waals surface area (Å²) >= 11 is 6.66. The summed E-state index contributed by atoms with van der Waals surface area (Å²) in [6.45, 7) is 7.15. The molecule has 1 aliphatic carbocycles. The van der Waals surface area contributed by atoms with Gasteiger partial charge in [0, 0.05) is 101 Å². The lowest BCUT2D eigenvalue weighted by molar-refractivity contribution is -0.132. The van der Waals surface area contributed by atoms with Gasteiger partial charge in [0.05, 0.1) is 45.1 Å². The number of Topliss-reactive ketones (excluding diaryl/α,β-unsaturated/α-hetero) is 2.